The van der Waals surface area contributed by atoms with Gasteiger partial charge in [0.05, 0.1) is 12.2 Å². The van der Waals surface area contributed by atoms with Crippen LogP contribution in [0.2, 0.25) is 0 Å². The van der Waals surface area contributed by atoms with Crippen molar-refractivity contribution in [2.75, 3.05) is 0 Å². The Morgan fingerprint density at radius 1 is 0.952 bits per heavy atom. The van der Waals surface area contributed by atoms with Crippen LogP contribution in [0.5, 0.6) is 0 Å². The Balaban J connectivity index is 1.67. The fraction of sp³-hybridized carbons (Fsp3) is 0.842. The molecule has 0 amide bonds. The smallest absolute Gasteiger partial charge is 0.314 e. The normalized spacial score (nSPS) is 49.3. The Kier molecular flexibility index (Phi) is 3.39. The number of allylic oxidation sites excluding steroid dienone is 1. The van der Waals surface area contributed by atoms with E-state index in [2.05, 4.69) is 13.8 Å². The summed E-state index contributed by atoms with van der Waals surface area (Å²) in [5.74, 6) is 4.65. The first-order chi connectivity index (χ1) is 10.2. The number of carbonyl (C=O) groups is 1. The molecule has 21 heavy (non-hydrogen) atoms. The number of hydrogen-bond donors (Lipinski definition) is 0. The summed E-state index contributed by atoms with van der Waals surface area (Å²) in [5, 5.41) is 0. The molecule has 7 unspecified atom stereocenters. The first-order valence-corrected chi connectivity index (χ1v) is 9.07. The largest absolute Gasteiger partial charge is 0.434 e. The molecule has 7 atom stereocenters. The highest BCUT2D eigenvalue weighted by molar-refractivity contribution is 5.74. The standard InChI is InChI=1S/C19H28O2/c1-11-9-17-13(12(11)2)7-8-15-14-5-3-4-6-16(14)19(20)21-10-18(15)17/h10-17H,3-9H2,1-2H3. The number of rotatable bonds is 0. The van der Waals surface area contributed by atoms with E-state index in [0.29, 0.717) is 17.8 Å². The molecule has 4 aliphatic rings. The quantitative estimate of drug-likeness (QED) is 0.611. The molecule has 0 aromatic rings. The van der Waals surface area contributed by atoms with E-state index < -0.39 is 0 Å². The molecule has 2 nitrogen and oxygen atoms in total. The SMILES string of the molecule is CC1CC2C3=COC(=O)C4CCCCC4C3CCC2C1C. The molecule has 2 heteroatoms. The van der Waals surface area contributed by atoms with E-state index in [9.17, 15) is 4.79 Å². The van der Waals surface area contributed by atoms with E-state index in [0.717, 1.165) is 24.2 Å². The van der Waals surface area contributed by atoms with E-state index >= 15 is 0 Å². The monoisotopic (exact) mass is 288 g/mol. The minimum absolute atomic E-state index is 0.0669. The van der Waals surface area contributed by atoms with E-state index in [4.69, 9.17) is 4.74 Å². The minimum atomic E-state index is 0.0669. The molecule has 0 spiro atoms. The second-order valence-electron chi connectivity index (χ2n) is 8.14. The fourth-order valence-electron chi connectivity index (χ4n) is 6.02. The molecular weight excluding hydrogens is 260 g/mol. The molecule has 4 rings (SSSR count). The summed E-state index contributed by atoms with van der Waals surface area (Å²) < 4.78 is 5.62. The van der Waals surface area contributed by atoms with Gasteiger partial charge in [-0.15, -0.1) is 0 Å². The van der Waals surface area contributed by atoms with Crippen LogP contribution in [0.15, 0.2) is 11.8 Å². The first-order valence-electron chi connectivity index (χ1n) is 9.07. The van der Waals surface area contributed by atoms with Gasteiger partial charge >= 0.3 is 5.97 Å². The van der Waals surface area contributed by atoms with Gasteiger partial charge in [0.1, 0.15) is 0 Å². The maximum atomic E-state index is 12.3. The maximum absolute atomic E-state index is 12.3. The topological polar surface area (TPSA) is 26.3 Å². The van der Waals surface area contributed by atoms with Crippen molar-refractivity contribution in [1.29, 1.82) is 0 Å². The third kappa shape index (κ3) is 2.09. The van der Waals surface area contributed by atoms with Crippen LogP contribution in [0.1, 0.15) is 58.8 Å². The molecular formula is C19H28O2. The van der Waals surface area contributed by atoms with Crippen molar-refractivity contribution in [3.05, 3.63) is 11.8 Å². The van der Waals surface area contributed by atoms with Crippen molar-refractivity contribution in [2.24, 2.45) is 41.4 Å². The van der Waals surface area contributed by atoms with Crippen LogP contribution in [0, 0.1) is 41.4 Å². The summed E-state index contributed by atoms with van der Waals surface area (Å²) in [6, 6.07) is 0. The Morgan fingerprint density at radius 3 is 2.62 bits per heavy atom. The summed E-state index contributed by atoms with van der Waals surface area (Å²) in [6.45, 7) is 4.84. The molecule has 3 fully saturated rings. The van der Waals surface area contributed by atoms with Gasteiger partial charge in [0, 0.05) is 0 Å². The predicted molar refractivity (Wildman–Crippen MR) is 82.3 cm³/mol. The van der Waals surface area contributed by atoms with Crippen molar-refractivity contribution in [2.45, 2.75) is 58.8 Å². The van der Waals surface area contributed by atoms with Gasteiger partial charge < -0.3 is 4.74 Å². The van der Waals surface area contributed by atoms with Gasteiger partial charge in [0.15, 0.2) is 0 Å². The zero-order valence-electron chi connectivity index (χ0n) is 13.4. The van der Waals surface area contributed by atoms with Gasteiger partial charge in [-0.2, -0.15) is 0 Å². The molecule has 0 saturated heterocycles. The average Bonchev–Trinajstić information content (AvgIpc) is 2.71. The molecule has 0 aromatic carbocycles. The number of ether oxygens (including phenoxy) is 1. The van der Waals surface area contributed by atoms with Crippen LogP contribution >= 0.6 is 0 Å². The van der Waals surface area contributed by atoms with Crippen LogP contribution in [0.4, 0.5) is 0 Å². The molecule has 1 heterocycles. The average molecular weight is 288 g/mol. The number of cyclic esters (lactones) is 1. The molecule has 0 aromatic heterocycles. The van der Waals surface area contributed by atoms with E-state index in [1.54, 1.807) is 0 Å². The Labute approximate surface area is 128 Å². The lowest BCUT2D eigenvalue weighted by molar-refractivity contribution is -0.145. The van der Waals surface area contributed by atoms with Crippen LogP contribution in [-0.4, -0.2) is 5.97 Å². The zero-order chi connectivity index (χ0) is 14.6. The maximum Gasteiger partial charge on any atom is 0.314 e. The third-order valence-corrected chi connectivity index (χ3v) is 7.33. The summed E-state index contributed by atoms with van der Waals surface area (Å²) in [6.07, 6.45) is 10.7. The number of fused-ring (bicyclic) bond motifs is 5. The first kappa shape index (κ1) is 13.8. The number of hydrogen-bond acceptors (Lipinski definition) is 2. The van der Waals surface area contributed by atoms with Gasteiger partial charge in [0.2, 0.25) is 0 Å². The van der Waals surface area contributed by atoms with Crippen LogP contribution in [0.3, 0.4) is 0 Å². The minimum Gasteiger partial charge on any atom is -0.434 e. The van der Waals surface area contributed by atoms with Crippen LogP contribution in [-0.2, 0) is 9.53 Å². The summed E-state index contributed by atoms with van der Waals surface area (Å²) in [5.41, 5.74) is 1.52. The summed E-state index contributed by atoms with van der Waals surface area (Å²) in [4.78, 5) is 12.3. The van der Waals surface area contributed by atoms with E-state index in [1.807, 2.05) is 6.26 Å². The van der Waals surface area contributed by atoms with Crippen LogP contribution in [0.25, 0.3) is 0 Å². The number of carbonyl (C=O) groups excluding carboxylic acids is 1. The Morgan fingerprint density at radius 2 is 1.76 bits per heavy atom. The van der Waals surface area contributed by atoms with Gasteiger partial charge in [0.25, 0.3) is 0 Å². The van der Waals surface area contributed by atoms with Crippen molar-refractivity contribution < 1.29 is 9.53 Å². The fourth-order valence-corrected chi connectivity index (χ4v) is 6.02. The summed E-state index contributed by atoms with van der Waals surface area (Å²) >= 11 is 0. The van der Waals surface area contributed by atoms with Crippen molar-refractivity contribution in [3.8, 4) is 0 Å². The molecule has 3 aliphatic carbocycles. The molecule has 0 N–H and O–H groups in total. The highest BCUT2D eigenvalue weighted by Gasteiger charge is 2.49. The molecule has 3 saturated carbocycles. The van der Waals surface area contributed by atoms with E-state index in [-0.39, 0.29) is 11.9 Å². The molecule has 1 aliphatic heterocycles. The zero-order valence-corrected chi connectivity index (χ0v) is 13.4. The Hall–Kier alpha value is -0.790. The third-order valence-electron chi connectivity index (χ3n) is 7.33. The predicted octanol–water partition coefficient (Wildman–Crippen LogP) is 4.55. The summed E-state index contributed by atoms with van der Waals surface area (Å²) in [7, 11) is 0. The van der Waals surface area contributed by atoms with Crippen molar-refractivity contribution in [1.82, 2.24) is 0 Å². The van der Waals surface area contributed by atoms with Crippen LogP contribution < -0.4 is 0 Å². The second-order valence-corrected chi connectivity index (χ2v) is 8.14. The lowest BCUT2D eigenvalue weighted by atomic mass is 9.62. The van der Waals surface area contributed by atoms with Gasteiger partial charge in [-0.25, -0.2) is 0 Å². The highest BCUT2D eigenvalue weighted by atomic mass is 16.5. The highest BCUT2D eigenvalue weighted by Crippen LogP contribution is 2.56. The second kappa shape index (κ2) is 5.14. The van der Waals surface area contributed by atoms with Crippen molar-refractivity contribution in [3.63, 3.8) is 0 Å². The van der Waals surface area contributed by atoms with E-state index in [1.165, 1.54) is 44.1 Å². The van der Waals surface area contributed by atoms with Crippen molar-refractivity contribution >= 4 is 5.97 Å². The van der Waals surface area contributed by atoms with Gasteiger partial charge in [-0.05, 0) is 73.2 Å². The van der Waals surface area contributed by atoms with Gasteiger partial charge in [-0.1, -0.05) is 26.7 Å². The number of esters is 1. The molecule has 0 radical (unpaired) electrons. The lowest BCUT2D eigenvalue weighted by Crippen LogP contribution is -2.36. The lowest BCUT2D eigenvalue weighted by Gasteiger charge is -2.41. The van der Waals surface area contributed by atoms with Gasteiger partial charge in [-0.3, -0.25) is 4.79 Å². The Bertz CT molecular complexity index is 466. The molecule has 116 valence electrons. The molecule has 0 bridgehead atoms.